The van der Waals surface area contributed by atoms with E-state index in [2.05, 4.69) is 59.2 Å². The molecule has 19 heavy (non-hydrogen) atoms. The van der Waals surface area contributed by atoms with E-state index in [4.69, 9.17) is 0 Å². The van der Waals surface area contributed by atoms with E-state index >= 15 is 0 Å². The average Bonchev–Trinajstić information content (AvgIpc) is 2.88. The van der Waals surface area contributed by atoms with Crippen LogP contribution in [0.4, 0.5) is 0 Å². The van der Waals surface area contributed by atoms with Crippen LogP contribution < -0.4 is 43.1 Å². The van der Waals surface area contributed by atoms with Crippen LogP contribution in [0.2, 0.25) is 0 Å². The molecule has 0 radical (unpaired) electrons. The number of H-pyrrole nitrogens is 2. The molecule has 0 aliphatic rings. The molecule has 0 amide bonds. The lowest BCUT2D eigenvalue weighted by atomic mass is 9.84. The maximum absolute atomic E-state index is 3.15. The molecule has 108 valence electrons. The van der Waals surface area contributed by atoms with Crippen LogP contribution in [0.3, 0.4) is 0 Å². The zero-order valence-electron chi connectivity index (χ0n) is 11.8. The van der Waals surface area contributed by atoms with Crippen molar-refractivity contribution in [3.63, 3.8) is 0 Å². The first-order valence-corrected chi connectivity index (χ1v) is 6.19. The normalized spacial score (nSPS) is 11.3. The molecular formula is C13H22Br2N4. The molecule has 2 rings (SSSR count). The third-order valence-corrected chi connectivity index (χ3v) is 3.62. The van der Waals surface area contributed by atoms with Gasteiger partial charge in [-0.1, -0.05) is 27.7 Å². The van der Waals surface area contributed by atoms with Crippen LogP contribution in [0, 0.1) is 11.8 Å². The highest BCUT2D eigenvalue weighted by atomic mass is 79.9. The average molecular weight is 394 g/mol. The molecule has 0 aliphatic carbocycles. The molecule has 6 heteroatoms. The molecule has 4 nitrogen and oxygen atoms in total. The van der Waals surface area contributed by atoms with Crippen LogP contribution >= 0.6 is 0 Å². The van der Waals surface area contributed by atoms with Crippen molar-refractivity contribution in [1.82, 2.24) is 9.97 Å². The number of nitrogens with zero attached hydrogens (tertiary/aromatic N) is 2. The van der Waals surface area contributed by atoms with Gasteiger partial charge in [-0.25, -0.2) is 0 Å². The summed E-state index contributed by atoms with van der Waals surface area (Å²) in [6.45, 7) is 9.06. The Morgan fingerprint density at radius 1 is 0.789 bits per heavy atom. The summed E-state index contributed by atoms with van der Waals surface area (Å²) in [7, 11) is 0. The Morgan fingerprint density at radius 2 is 1.16 bits per heavy atom. The number of imidazole rings is 2. The smallest absolute Gasteiger partial charge is 0.256 e. The van der Waals surface area contributed by atoms with Gasteiger partial charge in [-0.05, 0) is 0 Å². The highest BCUT2D eigenvalue weighted by Gasteiger charge is 2.49. The molecule has 0 aliphatic heterocycles. The molecule has 0 spiro atoms. The second kappa shape index (κ2) is 7.24. The first-order chi connectivity index (χ1) is 8.10. The second-order valence-corrected chi connectivity index (χ2v) is 5.13. The van der Waals surface area contributed by atoms with Gasteiger partial charge in [0.1, 0.15) is 24.8 Å². The summed E-state index contributed by atoms with van der Waals surface area (Å²) in [6.07, 6.45) is 12.2. The van der Waals surface area contributed by atoms with Gasteiger partial charge in [0.05, 0.1) is 0 Å². The molecule has 0 atom stereocenters. The van der Waals surface area contributed by atoms with E-state index < -0.39 is 0 Å². The van der Waals surface area contributed by atoms with E-state index in [0.717, 1.165) is 0 Å². The Labute approximate surface area is 135 Å². The highest BCUT2D eigenvalue weighted by molar-refractivity contribution is 4.74. The molecule has 0 aromatic carbocycles. The lowest BCUT2D eigenvalue weighted by Gasteiger charge is -2.34. The van der Waals surface area contributed by atoms with Crippen molar-refractivity contribution < 1.29 is 43.1 Å². The number of nitrogens with one attached hydrogen (secondary N) is 2. The van der Waals surface area contributed by atoms with Gasteiger partial charge in [0.15, 0.2) is 0 Å². The molecule has 2 aromatic heterocycles. The fourth-order valence-corrected chi connectivity index (χ4v) is 3.02. The van der Waals surface area contributed by atoms with Crippen LogP contribution in [-0.2, 0) is 5.66 Å². The van der Waals surface area contributed by atoms with Gasteiger partial charge in [0.25, 0.3) is 5.66 Å². The SMILES string of the molecule is CC(C)C(C(C)C)([n+]1cc[nH]c1)[n+]1cc[nH]c1.[Br-].[Br-]. The topological polar surface area (TPSA) is 39.3 Å². The number of hydrogen-bond acceptors (Lipinski definition) is 0. The first kappa shape index (κ1) is 18.4. The predicted octanol–water partition coefficient (Wildman–Crippen LogP) is -4.56. The summed E-state index contributed by atoms with van der Waals surface area (Å²) in [5.41, 5.74) is -0.0833. The Morgan fingerprint density at radius 3 is 1.37 bits per heavy atom. The van der Waals surface area contributed by atoms with Gasteiger partial charge >= 0.3 is 0 Å². The third-order valence-electron chi connectivity index (χ3n) is 3.62. The summed E-state index contributed by atoms with van der Waals surface area (Å²) >= 11 is 0. The van der Waals surface area contributed by atoms with E-state index in [1.807, 2.05) is 25.0 Å². The van der Waals surface area contributed by atoms with Crippen LogP contribution in [0.1, 0.15) is 27.7 Å². The van der Waals surface area contributed by atoms with Gasteiger partial charge in [-0.15, -0.1) is 0 Å². The van der Waals surface area contributed by atoms with E-state index in [9.17, 15) is 0 Å². The van der Waals surface area contributed by atoms with Crippen LogP contribution in [0.25, 0.3) is 0 Å². The Bertz CT molecular complexity index is 405. The maximum atomic E-state index is 3.15. The molecule has 2 aromatic rings. The van der Waals surface area contributed by atoms with Crippen molar-refractivity contribution in [3.05, 3.63) is 37.4 Å². The van der Waals surface area contributed by atoms with Gasteiger partial charge < -0.3 is 34.0 Å². The predicted molar refractivity (Wildman–Crippen MR) is 65.0 cm³/mol. The van der Waals surface area contributed by atoms with Gasteiger partial charge in [-0.3, -0.25) is 9.97 Å². The summed E-state index contributed by atoms with van der Waals surface area (Å²) in [5, 5.41) is 0. The zero-order chi connectivity index (χ0) is 12.5. The van der Waals surface area contributed by atoms with E-state index in [0.29, 0.717) is 11.8 Å². The molecule has 0 saturated carbocycles. The summed E-state index contributed by atoms with van der Waals surface area (Å²) in [4.78, 5) is 6.29. The summed E-state index contributed by atoms with van der Waals surface area (Å²) in [6, 6.07) is 0. The number of hydrogen-bond donors (Lipinski definition) is 2. The van der Waals surface area contributed by atoms with Crippen LogP contribution in [0.5, 0.6) is 0 Å². The fourth-order valence-electron chi connectivity index (χ4n) is 3.02. The minimum atomic E-state index is -0.0833. The Kier molecular flexibility index (Phi) is 7.00. The van der Waals surface area contributed by atoms with E-state index in [-0.39, 0.29) is 39.6 Å². The number of rotatable bonds is 4. The van der Waals surface area contributed by atoms with Gasteiger partial charge in [0, 0.05) is 11.8 Å². The van der Waals surface area contributed by atoms with Gasteiger partial charge in [-0.2, -0.15) is 9.13 Å². The number of aromatic nitrogens is 4. The minimum absolute atomic E-state index is 0. The molecular weight excluding hydrogens is 372 g/mol. The highest BCUT2D eigenvalue weighted by Crippen LogP contribution is 2.25. The minimum Gasteiger partial charge on any atom is -1.00 e. The molecule has 0 saturated heterocycles. The van der Waals surface area contributed by atoms with Crippen molar-refractivity contribution in [2.75, 3.05) is 0 Å². The number of aromatic amines is 2. The van der Waals surface area contributed by atoms with E-state index in [1.54, 1.807) is 0 Å². The first-order valence-electron chi connectivity index (χ1n) is 6.19. The van der Waals surface area contributed by atoms with Crippen molar-refractivity contribution in [1.29, 1.82) is 0 Å². The van der Waals surface area contributed by atoms with Crippen molar-refractivity contribution in [3.8, 4) is 0 Å². The molecule has 2 N–H and O–H groups in total. The van der Waals surface area contributed by atoms with Gasteiger partial charge in [0.2, 0.25) is 12.7 Å². The molecule has 0 bridgehead atoms. The zero-order valence-corrected chi connectivity index (χ0v) is 14.9. The van der Waals surface area contributed by atoms with Crippen molar-refractivity contribution in [2.24, 2.45) is 11.8 Å². The van der Waals surface area contributed by atoms with Crippen LogP contribution in [0.15, 0.2) is 37.4 Å². The Balaban J connectivity index is 0.00000162. The van der Waals surface area contributed by atoms with Crippen molar-refractivity contribution in [2.45, 2.75) is 33.4 Å². The largest absolute Gasteiger partial charge is 1.00 e. The second-order valence-electron chi connectivity index (χ2n) is 5.13. The van der Waals surface area contributed by atoms with Crippen molar-refractivity contribution >= 4 is 0 Å². The summed E-state index contributed by atoms with van der Waals surface area (Å²) < 4.78 is 4.52. The summed E-state index contributed by atoms with van der Waals surface area (Å²) in [5.74, 6) is 0.952. The molecule has 2 heterocycles. The number of halogens is 2. The third kappa shape index (κ3) is 2.94. The maximum Gasteiger partial charge on any atom is 0.256 e. The molecule has 0 fully saturated rings. The van der Waals surface area contributed by atoms with E-state index in [1.165, 1.54) is 0 Å². The quantitative estimate of drug-likeness (QED) is 0.491. The lowest BCUT2D eigenvalue weighted by molar-refractivity contribution is -1.01. The van der Waals surface area contributed by atoms with Crippen LogP contribution in [-0.4, -0.2) is 9.97 Å². The fraction of sp³-hybridized carbons (Fsp3) is 0.538. The monoisotopic (exact) mass is 392 g/mol. The Hall–Kier alpha value is -0.620. The standard InChI is InChI=1S/C13H20N4.2BrH/c1-11(2)13(12(3)4,16-7-5-14-9-16)17-8-6-15-10-17;;/h5-12H,1-4H3;2*1H. The molecule has 0 unspecified atom stereocenters. The lowest BCUT2D eigenvalue weighted by Crippen LogP contribution is -3.00.